The van der Waals surface area contributed by atoms with Gasteiger partial charge in [0.05, 0.1) is 18.4 Å². The van der Waals surface area contributed by atoms with Gasteiger partial charge in [0.15, 0.2) is 5.78 Å². The number of carbonyl (C=O) groups is 2. The number of benzene rings is 2. The average molecular weight is 471 g/mol. The first-order valence-corrected chi connectivity index (χ1v) is 12.8. The maximum atomic E-state index is 13.2. The van der Waals surface area contributed by atoms with Crippen LogP contribution in [0.15, 0.2) is 41.3 Å². The van der Waals surface area contributed by atoms with Crippen LogP contribution >= 0.6 is 0 Å². The van der Waals surface area contributed by atoms with Crippen LogP contribution in [0.5, 0.6) is 5.75 Å². The molecule has 8 heteroatoms. The van der Waals surface area contributed by atoms with E-state index in [2.05, 4.69) is 0 Å². The molecule has 0 bridgehead atoms. The minimum atomic E-state index is -3.59. The first-order chi connectivity index (χ1) is 15.8. The highest BCUT2D eigenvalue weighted by molar-refractivity contribution is 7.89. The van der Waals surface area contributed by atoms with Crippen LogP contribution in [0.2, 0.25) is 0 Å². The number of amides is 1. The Labute approximate surface area is 195 Å². The number of nitrogens with zero attached hydrogens (tertiary/aromatic N) is 2. The van der Waals surface area contributed by atoms with E-state index in [0.717, 1.165) is 31.2 Å². The van der Waals surface area contributed by atoms with Crippen molar-refractivity contribution in [1.29, 1.82) is 0 Å². The van der Waals surface area contributed by atoms with E-state index in [9.17, 15) is 18.0 Å². The van der Waals surface area contributed by atoms with Gasteiger partial charge in [0.1, 0.15) is 5.75 Å². The summed E-state index contributed by atoms with van der Waals surface area (Å²) in [7, 11) is -2.06. The molecule has 1 aliphatic carbocycles. The Kier molecular flexibility index (Phi) is 6.86. The van der Waals surface area contributed by atoms with Gasteiger partial charge in [0.25, 0.3) is 0 Å². The Morgan fingerprint density at radius 2 is 1.64 bits per heavy atom. The van der Waals surface area contributed by atoms with Gasteiger partial charge in [-0.2, -0.15) is 4.31 Å². The molecule has 7 nitrogen and oxygen atoms in total. The summed E-state index contributed by atoms with van der Waals surface area (Å²) < 4.78 is 33.2. The van der Waals surface area contributed by atoms with E-state index >= 15 is 0 Å². The molecule has 2 aliphatic rings. The summed E-state index contributed by atoms with van der Waals surface area (Å²) in [5, 5.41) is 0. The van der Waals surface area contributed by atoms with Crippen molar-refractivity contribution in [3.63, 3.8) is 0 Å². The summed E-state index contributed by atoms with van der Waals surface area (Å²) in [5.41, 5.74) is 3.57. The highest BCUT2D eigenvalue weighted by Crippen LogP contribution is 2.27. The highest BCUT2D eigenvalue weighted by atomic mass is 32.2. The van der Waals surface area contributed by atoms with Crippen LogP contribution < -0.4 is 4.74 Å². The van der Waals surface area contributed by atoms with Gasteiger partial charge in [-0.15, -0.1) is 0 Å². The number of piperazine rings is 1. The molecular weight excluding hydrogens is 440 g/mol. The molecule has 2 aromatic carbocycles. The number of sulfonamides is 1. The summed E-state index contributed by atoms with van der Waals surface area (Å²) in [6.45, 7) is 2.66. The predicted octanol–water partition coefficient (Wildman–Crippen LogP) is 2.85. The second-order valence-corrected chi connectivity index (χ2v) is 10.6. The standard InChI is InChI=1S/C25H30N2O5S/c1-18(28)20-8-10-24(32-2)22(15-20)17-25(29)26-11-13-27(14-12-26)33(30,31)23-9-7-19-5-3-4-6-21(19)16-23/h7-10,15-16H,3-6,11-14,17H2,1-2H3. The van der Waals surface area contributed by atoms with E-state index in [1.807, 2.05) is 12.1 Å². The molecule has 0 spiro atoms. The van der Waals surface area contributed by atoms with E-state index in [1.54, 1.807) is 29.2 Å². The average Bonchev–Trinajstić information content (AvgIpc) is 2.83. The first kappa shape index (κ1) is 23.4. The smallest absolute Gasteiger partial charge is 0.243 e. The molecular formula is C25H30N2O5S. The monoisotopic (exact) mass is 470 g/mol. The molecule has 0 radical (unpaired) electrons. The lowest BCUT2D eigenvalue weighted by molar-refractivity contribution is -0.131. The van der Waals surface area contributed by atoms with Crippen LogP contribution in [0, 0.1) is 0 Å². The topological polar surface area (TPSA) is 84.0 Å². The van der Waals surface area contributed by atoms with Crippen LogP contribution in [-0.4, -0.2) is 62.6 Å². The maximum absolute atomic E-state index is 13.2. The summed E-state index contributed by atoms with van der Waals surface area (Å²) in [6, 6.07) is 10.6. The molecule has 176 valence electrons. The molecule has 0 aromatic heterocycles. The van der Waals surface area contributed by atoms with Gasteiger partial charge in [0, 0.05) is 37.3 Å². The van der Waals surface area contributed by atoms with Crippen LogP contribution in [0.1, 0.15) is 46.8 Å². The van der Waals surface area contributed by atoms with Crippen LogP contribution in [0.3, 0.4) is 0 Å². The maximum Gasteiger partial charge on any atom is 0.243 e. The van der Waals surface area contributed by atoms with Crippen LogP contribution in [0.25, 0.3) is 0 Å². The Balaban J connectivity index is 1.42. The fourth-order valence-corrected chi connectivity index (χ4v) is 6.08. The molecule has 1 aliphatic heterocycles. The molecule has 2 aromatic rings. The van der Waals surface area contributed by atoms with E-state index in [4.69, 9.17) is 4.74 Å². The highest BCUT2D eigenvalue weighted by Gasteiger charge is 2.31. The quantitative estimate of drug-likeness (QED) is 0.606. The lowest BCUT2D eigenvalue weighted by Gasteiger charge is -2.34. The van der Waals surface area contributed by atoms with Crippen LogP contribution in [0.4, 0.5) is 0 Å². The zero-order chi connectivity index (χ0) is 23.6. The number of rotatable bonds is 6. The van der Waals surface area contributed by atoms with Gasteiger partial charge in [-0.1, -0.05) is 6.07 Å². The first-order valence-electron chi connectivity index (χ1n) is 11.4. The number of carbonyl (C=O) groups excluding carboxylic acids is 2. The molecule has 1 saturated heterocycles. The minimum absolute atomic E-state index is 0.0765. The Hall–Kier alpha value is -2.71. The number of ketones is 1. The Morgan fingerprint density at radius 3 is 2.30 bits per heavy atom. The second kappa shape index (κ2) is 9.65. The van der Waals surface area contributed by atoms with Gasteiger partial charge in [-0.25, -0.2) is 8.42 Å². The molecule has 0 N–H and O–H groups in total. The number of hydrogen-bond donors (Lipinski definition) is 0. The largest absolute Gasteiger partial charge is 0.496 e. The van der Waals surface area contributed by atoms with Gasteiger partial charge < -0.3 is 9.64 Å². The van der Waals surface area contributed by atoms with Crippen molar-refractivity contribution in [2.75, 3.05) is 33.3 Å². The fraction of sp³-hybridized carbons (Fsp3) is 0.440. The SMILES string of the molecule is COc1ccc(C(C)=O)cc1CC(=O)N1CCN(S(=O)(=O)c2ccc3c(c2)CCCC3)CC1. The van der Waals surface area contributed by atoms with E-state index in [-0.39, 0.29) is 31.2 Å². The zero-order valence-electron chi connectivity index (χ0n) is 19.2. The molecule has 1 heterocycles. The third kappa shape index (κ3) is 4.96. The summed E-state index contributed by atoms with van der Waals surface area (Å²) in [4.78, 5) is 26.7. The third-order valence-corrected chi connectivity index (χ3v) is 8.47. The van der Waals surface area contributed by atoms with Crippen molar-refractivity contribution in [3.8, 4) is 5.75 Å². The normalized spacial score (nSPS) is 16.8. The third-order valence-electron chi connectivity index (χ3n) is 6.58. The number of Topliss-reactive ketones (excluding diaryl/α,β-unsaturated/α-hetero) is 1. The predicted molar refractivity (Wildman–Crippen MR) is 125 cm³/mol. The number of hydrogen-bond acceptors (Lipinski definition) is 5. The fourth-order valence-electron chi connectivity index (χ4n) is 4.61. The van der Waals surface area contributed by atoms with Crippen molar-refractivity contribution in [2.45, 2.75) is 43.9 Å². The van der Waals surface area contributed by atoms with Gasteiger partial charge in [0.2, 0.25) is 15.9 Å². The number of ether oxygens (including phenoxy) is 1. The van der Waals surface area contributed by atoms with E-state index in [1.165, 1.54) is 23.9 Å². The molecule has 0 atom stereocenters. The van der Waals surface area contributed by atoms with Crippen molar-refractivity contribution >= 4 is 21.7 Å². The minimum Gasteiger partial charge on any atom is -0.496 e. The summed E-state index contributed by atoms with van der Waals surface area (Å²) in [6.07, 6.45) is 4.28. The Morgan fingerprint density at radius 1 is 0.939 bits per heavy atom. The van der Waals surface area contributed by atoms with Gasteiger partial charge in [-0.05, 0) is 74.1 Å². The van der Waals surface area contributed by atoms with Crippen molar-refractivity contribution in [2.24, 2.45) is 0 Å². The number of methoxy groups -OCH3 is 1. The summed E-state index contributed by atoms with van der Waals surface area (Å²) >= 11 is 0. The van der Waals surface area contributed by atoms with Crippen LogP contribution in [-0.2, 0) is 34.1 Å². The molecule has 0 unspecified atom stereocenters. The van der Waals surface area contributed by atoms with Gasteiger partial charge in [-0.3, -0.25) is 9.59 Å². The van der Waals surface area contributed by atoms with Gasteiger partial charge >= 0.3 is 0 Å². The van der Waals surface area contributed by atoms with E-state index < -0.39 is 10.0 Å². The van der Waals surface area contributed by atoms with Crippen molar-refractivity contribution < 1.29 is 22.7 Å². The second-order valence-electron chi connectivity index (χ2n) is 8.68. The molecule has 4 rings (SSSR count). The molecule has 0 saturated carbocycles. The Bertz CT molecular complexity index is 1170. The summed E-state index contributed by atoms with van der Waals surface area (Å²) in [5.74, 6) is 0.370. The van der Waals surface area contributed by atoms with Crippen molar-refractivity contribution in [3.05, 3.63) is 58.7 Å². The lowest BCUT2D eigenvalue weighted by Crippen LogP contribution is -2.50. The van der Waals surface area contributed by atoms with E-state index in [0.29, 0.717) is 34.9 Å². The molecule has 1 fully saturated rings. The molecule has 1 amide bonds. The van der Waals surface area contributed by atoms with Crippen molar-refractivity contribution in [1.82, 2.24) is 9.21 Å². The number of fused-ring (bicyclic) bond motifs is 1. The lowest BCUT2D eigenvalue weighted by atomic mass is 9.92. The number of aryl methyl sites for hydroxylation is 2. The zero-order valence-corrected chi connectivity index (χ0v) is 20.0. The molecule has 33 heavy (non-hydrogen) atoms.